The SMILES string of the molecule is Cc1ccc(CNC(=O)C(=O)N/N=C\c2ccccc2OCC(=O)Nc2ccc(C)c(Cl)c2)cc1. The van der Waals surface area contributed by atoms with E-state index in [0.717, 1.165) is 16.7 Å². The molecule has 0 radical (unpaired) electrons. The monoisotopic (exact) mass is 492 g/mol. The van der Waals surface area contributed by atoms with Gasteiger partial charge in [0.25, 0.3) is 5.91 Å². The molecule has 0 aromatic heterocycles. The van der Waals surface area contributed by atoms with E-state index >= 15 is 0 Å². The molecule has 0 saturated heterocycles. The van der Waals surface area contributed by atoms with Crippen molar-refractivity contribution in [2.75, 3.05) is 11.9 Å². The Morgan fingerprint density at radius 1 is 0.971 bits per heavy atom. The van der Waals surface area contributed by atoms with Crippen LogP contribution in [0.2, 0.25) is 5.02 Å². The van der Waals surface area contributed by atoms with Crippen LogP contribution in [0.3, 0.4) is 0 Å². The highest BCUT2D eigenvalue weighted by atomic mass is 35.5. The molecule has 0 atom stereocenters. The van der Waals surface area contributed by atoms with E-state index in [9.17, 15) is 14.4 Å². The molecule has 0 bridgehead atoms. The quantitative estimate of drug-likeness (QED) is 0.253. The van der Waals surface area contributed by atoms with Crippen molar-refractivity contribution in [2.45, 2.75) is 20.4 Å². The van der Waals surface area contributed by atoms with Crippen LogP contribution < -0.4 is 20.8 Å². The molecular weight excluding hydrogens is 468 g/mol. The van der Waals surface area contributed by atoms with Gasteiger partial charge in [0.1, 0.15) is 5.75 Å². The number of anilines is 1. The molecule has 35 heavy (non-hydrogen) atoms. The summed E-state index contributed by atoms with van der Waals surface area (Å²) in [5, 5.41) is 9.62. The van der Waals surface area contributed by atoms with E-state index < -0.39 is 11.8 Å². The predicted octanol–water partition coefficient (Wildman–Crippen LogP) is 3.74. The highest BCUT2D eigenvalue weighted by molar-refractivity contribution is 6.35. The third-order valence-electron chi connectivity index (χ3n) is 4.88. The second kappa shape index (κ2) is 12.3. The summed E-state index contributed by atoms with van der Waals surface area (Å²) in [6, 6.07) is 19.7. The van der Waals surface area contributed by atoms with Crippen molar-refractivity contribution in [1.82, 2.24) is 10.7 Å². The number of rotatable bonds is 8. The van der Waals surface area contributed by atoms with Gasteiger partial charge in [-0.3, -0.25) is 14.4 Å². The van der Waals surface area contributed by atoms with E-state index in [2.05, 4.69) is 21.2 Å². The smallest absolute Gasteiger partial charge is 0.329 e. The number of nitrogens with zero attached hydrogens (tertiary/aromatic N) is 1. The number of ether oxygens (including phenoxy) is 1. The molecule has 3 amide bonds. The molecule has 0 aliphatic carbocycles. The molecule has 0 aliphatic heterocycles. The van der Waals surface area contributed by atoms with E-state index in [1.165, 1.54) is 6.21 Å². The minimum absolute atomic E-state index is 0.226. The van der Waals surface area contributed by atoms with Gasteiger partial charge in [-0.15, -0.1) is 0 Å². The Labute approximate surface area is 208 Å². The lowest BCUT2D eigenvalue weighted by Gasteiger charge is -2.10. The van der Waals surface area contributed by atoms with E-state index in [1.54, 1.807) is 36.4 Å². The lowest BCUT2D eigenvalue weighted by Crippen LogP contribution is -2.37. The van der Waals surface area contributed by atoms with Gasteiger partial charge in [-0.05, 0) is 49.2 Å². The first-order valence-electron chi connectivity index (χ1n) is 10.8. The molecule has 3 N–H and O–H groups in total. The molecule has 0 aliphatic rings. The Morgan fingerprint density at radius 2 is 1.71 bits per heavy atom. The summed E-state index contributed by atoms with van der Waals surface area (Å²) in [6.45, 7) is 3.82. The number of benzene rings is 3. The molecule has 0 fully saturated rings. The molecule has 180 valence electrons. The minimum atomic E-state index is -0.900. The Balaban J connectivity index is 1.49. The minimum Gasteiger partial charge on any atom is -0.483 e. The summed E-state index contributed by atoms with van der Waals surface area (Å²) in [5.74, 6) is -1.69. The number of hydrazone groups is 1. The first-order chi connectivity index (χ1) is 16.8. The fourth-order valence-corrected chi connectivity index (χ4v) is 3.09. The van der Waals surface area contributed by atoms with Crippen molar-refractivity contribution in [3.63, 3.8) is 0 Å². The third kappa shape index (κ3) is 7.97. The molecule has 8 nitrogen and oxygen atoms in total. The predicted molar refractivity (Wildman–Crippen MR) is 136 cm³/mol. The van der Waals surface area contributed by atoms with Crippen LogP contribution in [-0.2, 0) is 20.9 Å². The Hall–Kier alpha value is -4.17. The number of halogens is 1. The molecular formula is C26H25ClN4O4. The van der Waals surface area contributed by atoms with Crippen LogP contribution in [0, 0.1) is 13.8 Å². The Kier molecular flexibility index (Phi) is 8.97. The van der Waals surface area contributed by atoms with Crippen molar-refractivity contribution >= 4 is 41.2 Å². The summed E-state index contributed by atoms with van der Waals surface area (Å²) < 4.78 is 5.60. The number of amides is 3. The van der Waals surface area contributed by atoms with Crippen molar-refractivity contribution in [1.29, 1.82) is 0 Å². The lowest BCUT2D eigenvalue weighted by molar-refractivity contribution is -0.139. The number of carbonyl (C=O) groups is 3. The van der Waals surface area contributed by atoms with Gasteiger partial charge < -0.3 is 15.4 Å². The Morgan fingerprint density at radius 3 is 2.46 bits per heavy atom. The van der Waals surface area contributed by atoms with Gasteiger partial charge in [0.15, 0.2) is 6.61 Å². The fourth-order valence-electron chi connectivity index (χ4n) is 2.91. The number of aryl methyl sites for hydroxylation is 2. The van der Waals surface area contributed by atoms with Gasteiger partial charge >= 0.3 is 11.8 Å². The second-order valence-corrected chi connectivity index (χ2v) is 8.11. The zero-order valence-electron chi connectivity index (χ0n) is 19.3. The lowest BCUT2D eigenvalue weighted by atomic mass is 10.1. The van der Waals surface area contributed by atoms with Gasteiger partial charge in [-0.25, -0.2) is 5.43 Å². The summed E-state index contributed by atoms with van der Waals surface area (Å²) in [7, 11) is 0. The number of nitrogens with one attached hydrogen (secondary N) is 3. The van der Waals surface area contributed by atoms with Crippen LogP contribution in [0.15, 0.2) is 71.8 Å². The van der Waals surface area contributed by atoms with E-state index in [4.69, 9.17) is 16.3 Å². The first-order valence-corrected chi connectivity index (χ1v) is 11.1. The van der Waals surface area contributed by atoms with E-state index in [1.807, 2.05) is 44.2 Å². The van der Waals surface area contributed by atoms with E-state index in [-0.39, 0.29) is 19.1 Å². The maximum atomic E-state index is 12.2. The molecule has 0 saturated carbocycles. The van der Waals surface area contributed by atoms with Crippen molar-refractivity contribution in [2.24, 2.45) is 5.10 Å². The maximum Gasteiger partial charge on any atom is 0.329 e. The molecule has 0 heterocycles. The summed E-state index contributed by atoms with van der Waals surface area (Å²) in [6.07, 6.45) is 1.33. The topological polar surface area (TPSA) is 109 Å². The third-order valence-corrected chi connectivity index (χ3v) is 5.29. The second-order valence-electron chi connectivity index (χ2n) is 7.71. The average molecular weight is 493 g/mol. The number of para-hydroxylation sites is 1. The largest absolute Gasteiger partial charge is 0.483 e. The standard InChI is InChI=1S/C26H25ClN4O4/c1-17-7-10-19(11-8-17)14-28-25(33)26(34)31-29-15-20-5-3-4-6-23(20)35-16-24(32)30-21-12-9-18(2)22(27)13-21/h3-13,15H,14,16H2,1-2H3,(H,28,33)(H,30,32)(H,31,34)/b29-15-. The van der Waals surface area contributed by atoms with Gasteiger partial charge in [0.05, 0.1) is 6.21 Å². The van der Waals surface area contributed by atoms with Crippen LogP contribution in [0.1, 0.15) is 22.3 Å². The molecule has 0 spiro atoms. The number of hydrogen-bond donors (Lipinski definition) is 3. The summed E-state index contributed by atoms with van der Waals surface area (Å²) >= 11 is 6.08. The van der Waals surface area contributed by atoms with Crippen LogP contribution in [0.4, 0.5) is 5.69 Å². The number of hydrogen-bond acceptors (Lipinski definition) is 5. The van der Waals surface area contributed by atoms with Crippen LogP contribution >= 0.6 is 11.6 Å². The normalized spacial score (nSPS) is 10.6. The fraction of sp³-hybridized carbons (Fsp3) is 0.154. The summed E-state index contributed by atoms with van der Waals surface area (Å²) in [4.78, 5) is 36.2. The van der Waals surface area contributed by atoms with Crippen molar-refractivity contribution in [3.8, 4) is 5.75 Å². The highest BCUT2D eigenvalue weighted by Gasteiger charge is 2.12. The first kappa shape index (κ1) is 25.5. The van der Waals surface area contributed by atoms with E-state index in [0.29, 0.717) is 22.0 Å². The van der Waals surface area contributed by atoms with Gasteiger partial charge in [-0.2, -0.15) is 5.10 Å². The molecule has 3 aromatic rings. The van der Waals surface area contributed by atoms with Gasteiger partial charge in [0, 0.05) is 22.8 Å². The zero-order valence-corrected chi connectivity index (χ0v) is 20.1. The average Bonchev–Trinajstić information content (AvgIpc) is 2.85. The van der Waals surface area contributed by atoms with Crippen molar-refractivity contribution in [3.05, 3.63) is 94.0 Å². The number of carbonyl (C=O) groups excluding carboxylic acids is 3. The van der Waals surface area contributed by atoms with Crippen LogP contribution in [0.5, 0.6) is 5.75 Å². The highest BCUT2D eigenvalue weighted by Crippen LogP contribution is 2.20. The van der Waals surface area contributed by atoms with Crippen molar-refractivity contribution < 1.29 is 19.1 Å². The summed E-state index contributed by atoms with van der Waals surface area (Å²) in [5.41, 5.74) is 6.15. The maximum absolute atomic E-state index is 12.2. The molecule has 9 heteroatoms. The molecule has 3 aromatic carbocycles. The van der Waals surface area contributed by atoms with Gasteiger partial charge in [-0.1, -0.05) is 59.6 Å². The molecule has 0 unspecified atom stereocenters. The Bertz CT molecular complexity index is 1240. The molecule has 3 rings (SSSR count). The van der Waals surface area contributed by atoms with Gasteiger partial charge in [0.2, 0.25) is 0 Å². The zero-order chi connectivity index (χ0) is 25.2. The van der Waals surface area contributed by atoms with Crippen LogP contribution in [0.25, 0.3) is 0 Å². The van der Waals surface area contributed by atoms with Crippen LogP contribution in [-0.4, -0.2) is 30.5 Å².